The SMILES string of the molecule is COC(=O)Cc1ccccc1CNC1(CO)CC1. The number of methoxy groups -OCH3 is 1. The van der Waals surface area contributed by atoms with E-state index in [-0.39, 0.29) is 18.1 Å². The maximum atomic E-state index is 11.3. The van der Waals surface area contributed by atoms with Crippen LogP contribution in [-0.2, 0) is 22.5 Å². The largest absolute Gasteiger partial charge is 0.469 e. The number of nitrogens with one attached hydrogen (secondary N) is 1. The Morgan fingerprint density at radius 3 is 2.61 bits per heavy atom. The molecule has 0 bridgehead atoms. The molecule has 0 atom stereocenters. The summed E-state index contributed by atoms with van der Waals surface area (Å²) in [6.07, 6.45) is 2.33. The molecule has 2 N–H and O–H groups in total. The van der Waals surface area contributed by atoms with Crippen molar-refractivity contribution >= 4 is 5.97 Å². The van der Waals surface area contributed by atoms with E-state index in [0.29, 0.717) is 13.0 Å². The minimum absolute atomic E-state index is 0.0849. The molecule has 1 aromatic rings. The molecule has 1 fully saturated rings. The first-order chi connectivity index (χ1) is 8.69. The summed E-state index contributed by atoms with van der Waals surface area (Å²) in [5.74, 6) is -0.231. The van der Waals surface area contributed by atoms with Gasteiger partial charge in [0.05, 0.1) is 20.1 Å². The van der Waals surface area contributed by atoms with Crippen molar-refractivity contribution in [1.82, 2.24) is 5.32 Å². The Labute approximate surface area is 107 Å². The fourth-order valence-electron chi connectivity index (χ4n) is 1.95. The van der Waals surface area contributed by atoms with Crippen LogP contribution in [-0.4, -0.2) is 30.3 Å². The Morgan fingerprint density at radius 1 is 1.39 bits per heavy atom. The molecular weight excluding hydrogens is 230 g/mol. The summed E-state index contributed by atoms with van der Waals surface area (Å²) in [7, 11) is 1.40. The Kier molecular flexibility index (Phi) is 3.99. The second kappa shape index (κ2) is 5.50. The standard InChI is InChI=1S/C14H19NO3/c1-18-13(17)8-11-4-2-3-5-12(11)9-15-14(10-16)6-7-14/h2-5,15-16H,6-10H2,1H3. The van der Waals surface area contributed by atoms with Crippen LogP contribution in [0.5, 0.6) is 0 Å². The number of carbonyl (C=O) groups is 1. The molecule has 18 heavy (non-hydrogen) atoms. The zero-order valence-electron chi connectivity index (χ0n) is 10.6. The minimum atomic E-state index is -0.231. The first kappa shape index (κ1) is 13.1. The van der Waals surface area contributed by atoms with E-state index < -0.39 is 0 Å². The normalized spacial score (nSPS) is 16.3. The molecule has 1 saturated carbocycles. The van der Waals surface area contributed by atoms with Crippen LogP contribution in [0.25, 0.3) is 0 Å². The van der Waals surface area contributed by atoms with E-state index in [4.69, 9.17) is 0 Å². The van der Waals surface area contributed by atoms with Gasteiger partial charge in [0.2, 0.25) is 0 Å². The van der Waals surface area contributed by atoms with Gasteiger partial charge in [-0.1, -0.05) is 24.3 Å². The van der Waals surface area contributed by atoms with Crippen LogP contribution >= 0.6 is 0 Å². The highest BCUT2D eigenvalue weighted by molar-refractivity contribution is 5.72. The molecule has 0 aromatic heterocycles. The summed E-state index contributed by atoms with van der Waals surface area (Å²) in [4.78, 5) is 11.3. The van der Waals surface area contributed by atoms with Gasteiger partial charge in [0, 0.05) is 12.1 Å². The van der Waals surface area contributed by atoms with Gasteiger partial charge in [-0.2, -0.15) is 0 Å². The van der Waals surface area contributed by atoms with Crippen molar-refractivity contribution < 1.29 is 14.6 Å². The van der Waals surface area contributed by atoms with Crippen LogP contribution < -0.4 is 5.32 Å². The summed E-state index contributed by atoms with van der Waals surface area (Å²) >= 11 is 0. The van der Waals surface area contributed by atoms with Crippen molar-refractivity contribution in [3.8, 4) is 0 Å². The molecule has 1 aliphatic carbocycles. The number of aliphatic hydroxyl groups excluding tert-OH is 1. The van der Waals surface area contributed by atoms with Crippen LogP contribution in [0.2, 0.25) is 0 Å². The fraction of sp³-hybridized carbons (Fsp3) is 0.500. The third-order valence-corrected chi connectivity index (χ3v) is 3.49. The summed E-state index contributed by atoms with van der Waals surface area (Å²) in [5.41, 5.74) is 1.98. The van der Waals surface area contributed by atoms with Gasteiger partial charge in [-0.25, -0.2) is 0 Å². The quantitative estimate of drug-likeness (QED) is 0.739. The highest BCUT2D eigenvalue weighted by atomic mass is 16.5. The molecule has 2 rings (SSSR count). The topological polar surface area (TPSA) is 58.6 Å². The number of ether oxygens (including phenoxy) is 1. The number of aliphatic hydroxyl groups is 1. The molecule has 0 saturated heterocycles. The first-order valence-corrected chi connectivity index (χ1v) is 6.18. The minimum Gasteiger partial charge on any atom is -0.469 e. The number of rotatable bonds is 6. The van der Waals surface area contributed by atoms with Gasteiger partial charge in [-0.15, -0.1) is 0 Å². The fourth-order valence-corrected chi connectivity index (χ4v) is 1.95. The molecule has 4 nitrogen and oxygen atoms in total. The van der Waals surface area contributed by atoms with Crippen LogP contribution in [0.3, 0.4) is 0 Å². The lowest BCUT2D eigenvalue weighted by molar-refractivity contribution is -0.139. The number of benzene rings is 1. The van der Waals surface area contributed by atoms with Crippen LogP contribution in [0, 0.1) is 0 Å². The van der Waals surface area contributed by atoms with E-state index in [1.54, 1.807) is 0 Å². The molecule has 98 valence electrons. The van der Waals surface area contributed by atoms with E-state index in [9.17, 15) is 9.90 Å². The molecular formula is C14H19NO3. The molecule has 4 heteroatoms. The Morgan fingerprint density at radius 2 is 2.06 bits per heavy atom. The molecule has 0 radical (unpaired) electrons. The van der Waals surface area contributed by atoms with Crippen molar-refractivity contribution in [2.45, 2.75) is 31.3 Å². The zero-order valence-corrected chi connectivity index (χ0v) is 10.6. The average molecular weight is 249 g/mol. The highest BCUT2D eigenvalue weighted by Crippen LogP contribution is 2.34. The average Bonchev–Trinajstić information content (AvgIpc) is 3.18. The van der Waals surface area contributed by atoms with E-state index in [2.05, 4.69) is 10.1 Å². The Bertz CT molecular complexity index is 427. The molecule has 0 aliphatic heterocycles. The predicted octanol–water partition coefficient (Wildman–Crippen LogP) is 1.02. The highest BCUT2D eigenvalue weighted by Gasteiger charge is 2.41. The summed E-state index contributed by atoms with van der Waals surface area (Å²) in [6.45, 7) is 0.847. The lowest BCUT2D eigenvalue weighted by Crippen LogP contribution is -2.34. The van der Waals surface area contributed by atoms with E-state index in [1.807, 2.05) is 24.3 Å². The van der Waals surface area contributed by atoms with Crippen molar-refractivity contribution in [2.75, 3.05) is 13.7 Å². The molecule has 0 unspecified atom stereocenters. The maximum absolute atomic E-state index is 11.3. The predicted molar refractivity (Wildman–Crippen MR) is 68.1 cm³/mol. The van der Waals surface area contributed by atoms with Crippen molar-refractivity contribution in [2.24, 2.45) is 0 Å². The first-order valence-electron chi connectivity index (χ1n) is 6.18. The smallest absolute Gasteiger partial charge is 0.309 e. The summed E-state index contributed by atoms with van der Waals surface area (Å²) in [6, 6.07) is 7.81. The molecule has 1 aromatic carbocycles. The van der Waals surface area contributed by atoms with Crippen LogP contribution in [0.1, 0.15) is 24.0 Å². The van der Waals surface area contributed by atoms with Gasteiger partial charge in [0.15, 0.2) is 0 Å². The van der Waals surface area contributed by atoms with Gasteiger partial charge < -0.3 is 15.2 Å². The van der Waals surface area contributed by atoms with Gasteiger partial charge in [0.25, 0.3) is 0 Å². The van der Waals surface area contributed by atoms with Gasteiger partial charge in [-0.05, 0) is 24.0 Å². The summed E-state index contributed by atoms with van der Waals surface area (Å²) < 4.78 is 4.69. The van der Waals surface area contributed by atoms with Gasteiger partial charge in [-0.3, -0.25) is 4.79 Å². The number of hydrogen-bond donors (Lipinski definition) is 2. The van der Waals surface area contributed by atoms with E-state index in [1.165, 1.54) is 7.11 Å². The number of hydrogen-bond acceptors (Lipinski definition) is 4. The summed E-state index contributed by atoms with van der Waals surface area (Å²) in [5, 5.41) is 12.6. The third-order valence-electron chi connectivity index (χ3n) is 3.49. The van der Waals surface area contributed by atoms with Crippen molar-refractivity contribution in [3.63, 3.8) is 0 Å². The zero-order chi connectivity index (χ0) is 13.0. The van der Waals surface area contributed by atoms with E-state index in [0.717, 1.165) is 24.0 Å². The Balaban J connectivity index is 2.00. The molecule has 0 amide bonds. The Hall–Kier alpha value is -1.39. The monoisotopic (exact) mass is 249 g/mol. The van der Waals surface area contributed by atoms with Crippen molar-refractivity contribution in [3.05, 3.63) is 35.4 Å². The number of carbonyl (C=O) groups excluding carboxylic acids is 1. The second-order valence-electron chi connectivity index (χ2n) is 4.81. The lowest BCUT2D eigenvalue weighted by atomic mass is 10.0. The third kappa shape index (κ3) is 3.09. The number of esters is 1. The van der Waals surface area contributed by atoms with Gasteiger partial charge in [0.1, 0.15) is 0 Å². The molecule has 0 heterocycles. The van der Waals surface area contributed by atoms with Crippen LogP contribution in [0.4, 0.5) is 0 Å². The molecule has 1 aliphatic rings. The second-order valence-corrected chi connectivity index (χ2v) is 4.81. The van der Waals surface area contributed by atoms with Crippen molar-refractivity contribution in [1.29, 1.82) is 0 Å². The molecule has 0 spiro atoms. The van der Waals surface area contributed by atoms with E-state index >= 15 is 0 Å². The van der Waals surface area contributed by atoms with Crippen LogP contribution in [0.15, 0.2) is 24.3 Å². The maximum Gasteiger partial charge on any atom is 0.309 e. The van der Waals surface area contributed by atoms with Gasteiger partial charge >= 0.3 is 5.97 Å². The lowest BCUT2D eigenvalue weighted by Gasteiger charge is -2.16.